The summed E-state index contributed by atoms with van der Waals surface area (Å²) in [6.07, 6.45) is 0. The lowest BCUT2D eigenvalue weighted by molar-refractivity contribution is 0.177. The molecule has 0 unspecified atom stereocenters. The molecule has 22 heavy (non-hydrogen) atoms. The van der Waals surface area contributed by atoms with E-state index in [2.05, 4.69) is 4.98 Å². The molecule has 0 bridgehead atoms. The van der Waals surface area contributed by atoms with Crippen LogP contribution in [0.2, 0.25) is 0 Å². The Bertz CT molecular complexity index is 776. The SMILES string of the molecule is COCCN1CC(O)=C(c2nc3cc(C)ccc3n2C)C1=N. The first-order chi connectivity index (χ1) is 10.5. The fourth-order valence-electron chi connectivity index (χ4n) is 2.79. The van der Waals surface area contributed by atoms with Crippen LogP contribution in [0.3, 0.4) is 0 Å². The number of methoxy groups -OCH3 is 1. The average molecular weight is 300 g/mol. The topological polar surface area (TPSA) is 74.4 Å². The second kappa shape index (κ2) is 5.46. The van der Waals surface area contributed by atoms with Crippen LogP contribution >= 0.6 is 0 Å². The highest BCUT2D eigenvalue weighted by Gasteiger charge is 2.31. The quantitative estimate of drug-likeness (QED) is 0.906. The van der Waals surface area contributed by atoms with Crippen LogP contribution < -0.4 is 0 Å². The summed E-state index contributed by atoms with van der Waals surface area (Å²) in [5.74, 6) is 1.11. The first-order valence-electron chi connectivity index (χ1n) is 7.21. The Morgan fingerprint density at radius 1 is 1.41 bits per heavy atom. The van der Waals surface area contributed by atoms with Crippen LogP contribution in [0.4, 0.5) is 0 Å². The second-order valence-corrected chi connectivity index (χ2v) is 5.57. The standard InChI is InChI=1S/C16H20N4O2/c1-10-4-5-12-11(8-10)18-16(19(12)2)14-13(21)9-20(15(14)17)6-7-22-3/h4-5,8,17,21H,6-7,9H2,1-3H3. The monoisotopic (exact) mass is 300 g/mol. The molecule has 116 valence electrons. The van der Waals surface area contributed by atoms with E-state index in [1.807, 2.05) is 36.7 Å². The number of aryl methyl sites for hydroxylation is 2. The zero-order valence-corrected chi connectivity index (χ0v) is 13.1. The van der Waals surface area contributed by atoms with Gasteiger partial charge >= 0.3 is 0 Å². The van der Waals surface area contributed by atoms with Gasteiger partial charge in [-0.05, 0) is 24.6 Å². The maximum Gasteiger partial charge on any atom is 0.148 e. The molecule has 6 nitrogen and oxygen atoms in total. The molecule has 0 saturated heterocycles. The number of imidazole rings is 1. The molecule has 0 saturated carbocycles. The average Bonchev–Trinajstić information content (AvgIpc) is 2.94. The van der Waals surface area contributed by atoms with Gasteiger partial charge in [-0.2, -0.15) is 0 Å². The fourth-order valence-corrected chi connectivity index (χ4v) is 2.79. The van der Waals surface area contributed by atoms with E-state index >= 15 is 0 Å². The molecular weight excluding hydrogens is 280 g/mol. The number of ether oxygens (including phenoxy) is 1. The zero-order chi connectivity index (χ0) is 15.9. The van der Waals surface area contributed by atoms with Gasteiger partial charge < -0.3 is 19.3 Å². The van der Waals surface area contributed by atoms with Gasteiger partial charge in [0.15, 0.2) is 0 Å². The number of benzene rings is 1. The lowest BCUT2D eigenvalue weighted by Gasteiger charge is -2.17. The van der Waals surface area contributed by atoms with Crippen molar-refractivity contribution < 1.29 is 9.84 Å². The highest BCUT2D eigenvalue weighted by molar-refractivity contribution is 6.23. The van der Waals surface area contributed by atoms with Crippen LogP contribution in [0.15, 0.2) is 24.0 Å². The molecule has 1 aliphatic heterocycles. The largest absolute Gasteiger partial charge is 0.510 e. The number of hydrogen-bond acceptors (Lipinski definition) is 4. The molecule has 1 aromatic carbocycles. The molecule has 0 atom stereocenters. The molecule has 0 fully saturated rings. The minimum absolute atomic E-state index is 0.191. The third-order valence-electron chi connectivity index (χ3n) is 4.01. The Balaban J connectivity index is 2.02. The van der Waals surface area contributed by atoms with Crippen molar-refractivity contribution in [1.29, 1.82) is 5.41 Å². The minimum atomic E-state index is 0.191. The molecule has 0 spiro atoms. The van der Waals surface area contributed by atoms with Gasteiger partial charge in [0, 0.05) is 20.7 Å². The van der Waals surface area contributed by atoms with Crippen molar-refractivity contribution in [3.05, 3.63) is 35.3 Å². The Morgan fingerprint density at radius 2 is 2.18 bits per heavy atom. The molecule has 2 N–H and O–H groups in total. The van der Waals surface area contributed by atoms with Crippen LogP contribution in [0.1, 0.15) is 11.4 Å². The van der Waals surface area contributed by atoms with Gasteiger partial charge in [0.2, 0.25) is 0 Å². The van der Waals surface area contributed by atoms with E-state index in [1.54, 1.807) is 12.0 Å². The number of nitrogens with zero attached hydrogens (tertiary/aromatic N) is 3. The molecule has 1 aliphatic rings. The van der Waals surface area contributed by atoms with E-state index in [9.17, 15) is 5.11 Å². The minimum Gasteiger partial charge on any atom is -0.510 e. The number of hydrogen-bond donors (Lipinski definition) is 2. The van der Waals surface area contributed by atoms with Crippen LogP contribution in [0.25, 0.3) is 16.6 Å². The predicted octanol–water partition coefficient (Wildman–Crippen LogP) is 2.09. The Hall–Kier alpha value is -2.34. The normalized spacial score (nSPS) is 15.4. The summed E-state index contributed by atoms with van der Waals surface area (Å²) >= 11 is 0. The summed E-state index contributed by atoms with van der Waals surface area (Å²) in [4.78, 5) is 6.41. The third kappa shape index (κ3) is 2.25. The number of aromatic nitrogens is 2. The van der Waals surface area contributed by atoms with E-state index in [0.29, 0.717) is 36.9 Å². The summed E-state index contributed by atoms with van der Waals surface area (Å²) in [6, 6.07) is 6.06. The van der Waals surface area contributed by atoms with E-state index in [0.717, 1.165) is 16.6 Å². The number of nitrogens with one attached hydrogen (secondary N) is 1. The molecule has 1 aromatic heterocycles. The molecule has 2 heterocycles. The van der Waals surface area contributed by atoms with Gasteiger partial charge in [-0.1, -0.05) is 6.07 Å². The highest BCUT2D eigenvalue weighted by atomic mass is 16.5. The maximum atomic E-state index is 10.3. The maximum absolute atomic E-state index is 10.3. The summed E-state index contributed by atoms with van der Waals surface area (Å²) in [5, 5.41) is 18.6. The number of aliphatic hydroxyl groups excluding tert-OH is 1. The van der Waals surface area contributed by atoms with E-state index in [4.69, 9.17) is 10.1 Å². The molecule has 0 aliphatic carbocycles. The molecular formula is C16H20N4O2. The lowest BCUT2D eigenvalue weighted by Crippen LogP contribution is -2.30. The van der Waals surface area contributed by atoms with Gasteiger partial charge in [-0.15, -0.1) is 0 Å². The summed E-state index contributed by atoms with van der Waals surface area (Å²) in [6.45, 7) is 3.45. The van der Waals surface area contributed by atoms with E-state index < -0.39 is 0 Å². The summed E-state index contributed by atoms with van der Waals surface area (Å²) in [5.41, 5.74) is 3.51. The van der Waals surface area contributed by atoms with Crippen LogP contribution in [-0.4, -0.2) is 52.2 Å². The van der Waals surface area contributed by atoms with Gasteiger partial charge in [0.1, 0.15) is 17.4 Å². The van der Waals surface area contributed by atoms with E-state index in [-0.39, 0.29) is 5.76 Å². The second-order valence-electron chi connectivity index (χ2n) is 5.57. The van der Waals surface area contributed by atoms with Crippen LogP contribution in [0, 0.1) is 12.3 Å². The van der Waals surface area contributed by atoms with Crippen molar-refractivity contribution in [3.8, 4) is 0 Å². The number of rotatable bonds is 4. The van der Waals surface area contributed by atoms with Crippen molar-refractivity contribution in [1.82, 2.24) is 14.5 Å². The van der Waals surface area contributed by atoms with Gasteiger partial charge in [-0.25, -0.2) is 4.98 Å². The number of fused-ring (bicyclic) bond motifs is 1. The summed E-state index contributed by atoms with van der Waals surface area (Å²) < 4.78 is 6.98. The van der Waals surface area contributed by atoms with Gasteiger partial charge in [0.25, 0.3) is 0 Å². The Morgan fingerprint density at radius 3 is 2.91 bits per heavy atom. The smallest absolute Gasteiger partial charge is 0.148 e. The van der Waals surface area contributed by atoms with Crippen molar-refractivity contribution >= 4 is 22.4 Å². The molecule has 2 aromatic rings. The fraction of sp³-hybridized carbons (Fsp3) is 0.375. The van der Waals surface area contributed by atoms with Crippen molar-refractivity contribution in [3.63, 3.8) is 0 Å². The summed E-state index contributed by atoms with van der Waals surface area (Å²) in [7, 11) is 3.53. The molecule has 0 radical (unpaired) electrons. The van der Waals surface area contributed by atoms with Gasteiger partial charge in [0.05, 0.1) is 29.8 Å². The Kier molecular flexibility index (Phi) is 3.62. The molecule has 6 heteroatoms. The Labute approximate surface area is 129 Å². The first-order valence-corrected chi connectivity index (χ1v) is 7.21. The first kappa shape index (κ1) is 14.6. The number of amidine groups is 1. The number of aliphatic hydroxyl groups is 1. The molecule has 0 amide bonds. The highest BCUT2D eigenvalue weighted by Crippen LogP contribution is 2.28. The zero-order valence-electron chi connectivity index (χ0n) is 13.1. The van der Waals surface area contributed by atoms with Crippen molar-refractivity contribution in [2.75, 3.05) is 26.8 Å². The molecule has 3 rings (SSSR count). The van der Waals surface area contributed by atoms with E-state index in [1.165, 1.54) is 0 Å². The van der Waals surface area contributed by atoms with Gasteiger partial charge in [-0.3, -0.25) is 5.41 Å². The lowest BCUT2D eigenvalue weighted by atomic mass is 10.2. The third-order valence-corrected chi connectivity index (χ3v) is 4.01. The van der Waals surface area contributed by atoms with Crippen LogP contribution in [0.5, 0.6) is 0 Å². The van der Waals surface area contributed by atoms with Crippen LogP contribution in [-0.2, 0) is 11.8 Å². The van der Waals surface area contributed by atoms with Crippen molar-refractivity contribution in [2.24, 2.45) is 7.05 Å². The van der Waals surface area contributed by atoms with Crippen molar-refractivity contribution in [2.45, 2.75) is 6.92 Å². The predicted molar refractivity (Wildman–Crippen MR) is 86.2 cm³/mol.